The maximum atomic E-state index is 6.56. The molecule has 0 amide bonds. The molecule has 0 spiro atoms. The van der Waals surface area contributed by atoms with E-state index in [1.165, 1.54) is 5.56 Å². The third-order valence-electron chi connectivity index (χ3n) is 9.90. The second kappa shape index (κ2) is 12.7. The Kier molecular flexibility index (Phi) is 7.90. The van der Waals surface area contributed by atoms with Crippen LogP contribution in [-0.2, 0) is 26.5 Å². The Bertz CT molecular complexity index is 2820. The van der Waals surface area contributed by atoms with Gasteiger partial charge in [-0.25, -0.2) is 4.98 Å². The molecule has 262 valence electrons. The molecule has 6 aromatic carbocycles. The Morgan fingerprint density at radius 2 is 1.43 bits per heavy atom. The molecular formula is C46H33N4O2Pt-3. The van der Waals surface area contributed by atoms with E-state index >= 15 is 0 Å². The number of para-hydroxylation sites is 3. The molecule has 4 heterocycles. The molecule has 0 N–H and O–H groups in total. The molecule has 0 aliphatic carbocycles. The minimum atomic E-state index is -0.0170. The zero-order valence-corrected chi connectivity index (χ0v) is 31.6. The summed E-state index contributed by atoms with van der Waals surface area (Å²) >= 11 is 0. The van der Waals surface area contributed by atoms with Gasteiger partial charge in [-0.05, 0) is 64.9 Å². The van der Waals surface area contributed by atoms with Crippen molar-refractivity contribution in [3.8, 4) is 17.3 Å². The summed E-state index contributed by atoms with van der Waals surface area (Å²) in [6.45, 7) is 8.75. The van der Waals surface area contributed by atoms with E-state index in [2.05, 4.69) is 139 Å². The minimum absolute atomic E-state index is 0. The van der Waals surface area contributed by atoms with Gasteiger partial charge >= 0.3 is 0 Å². The summed E-state index contributed by atoms with van der Waals surface area (Å²) in [5.41, 5.74) is 8.70. The number of furan rings is 1. The van der Waals surface area contributed by atoms with E-state index in [4.69, 9.17) is 14.1 Å². The van der Waals surface area contributed by atoms with Crippen LogP contribution in [0.1, 0.15) is 26.3 Å². The van der Waals surface area contributed by atoms with E-state index in [0.29, 0.717) is 11.5 Å². The van der Waals surface area contributed by atoms with Crippen LogP contribution >= 0.6 is 0 Å². The number of ether oxygens (including phenoxy) is 1. The SMILES string of the molecule is CC(C)(C)c1ccnc(-n2c3[c-]c(Oc4[c-]c(N5[CH-]N(c6ccccc6)c6ccc7c(oc8ccccc87)c65)ccc4)ccc3c3ccccc32)c1.[Pt]. The van der Waals surface area contributed by atoms with Crippen molar-refractivity contribution >= 4 is 66.5 Å². The Hall–Kier alpha value is -5.84. The minimum Gasteiger partial charge on any atom is -0.509 e. The molecule has 9 aromatic rings. The predicted octanol–water partition coefficient (Wildman–Crippen LogP) is 12.2. The van der Waals surface area contributed by atoms with E-state index in [1.54, 1.807) is 0 Å². The van der Waals surface area contributed by atoms with Crippen LogP contribution in [0.15, 0.2) is 144 Å². The molecule has 0 radical (unpaired) electrons. The molecule has 0 atom stereocenters. The first kappa shape index (κ1) is 33.0. The molecule has 0 unspecified atom stereocenters. The van der Waals surface area contributed by atoms with Gasteiger partial charge in [-0.2, -0.15) is 12.1 Å². The number of fused-ring (bicyclic) bond motifs is 8. The number of aromatic nitrogens is 2. The second-order valence-corrected chi connectivity index (χ2v) is 14.2. The molecule has 53 heavy (non-hydrogen) atoms. The maximum Gasteiger partial charge on any atom is 0.158 e. The summed E-state index contributed by atoms with van der Waals surface area (Å²) < 4.78 is 15.3. The van der Waals surface area contributed by atoms with Crippen molar-refractivity contribution in [1.29, 1.82) is 0 Å². The largest absolute Gasteiger partial charge is 0.509 e. The van der Waals surface area contributed by atoms with Crippen molar-refractivity contribution in [3.63, 3.8) is 0 Å². The molecule has 3 aromatic heterocycles. The molecule has 6 nitrogen and oxygen atoms in total. The summed E-state index contributed by atoms with van der Waals surface area (Å²) in [5.74, 6) is 2.02. The first-order valence-electron chi connectivity index (χ1n) is 17.5. The molecule has 0 saturated carbocycles. The number of hydrogen-bond acceptors (Lipinski definition) is 5. The van der Waals surface area contributed by atoms with Crippen molar-refractivity contribution in [2.75, 3.05) is 9.80 Å². The quantitative estimate of drug-likeness (QED) is 0.161. The fourth-order valence-electron chi connectivity index (χ4n) is 7.34. The van der Waals surface area contributed by atoms with Crippen molar-refractivity contribution in [2.24, 2.45) is 0 Å². The molecule has 7 heteroatoms. The van der Waals surface area contributed by atoms with Gasteiger partial charge in [-0.15, -0.1) is 48.1 Å². The van der Waals surface area contributed by atoms with Crippen LogP contribution in [0.2, 0.25) is 0 Å². The van der Waals surface area contributed by atoms with Crippen LogP contribution in [0, 0.1) is 18.8 Å². The van der Waals surface area contributed by atoms with Crippen molar-refractivity contribution in [3.05, 3.63) is 164 Å². The van der Waals surface area contributed by atoms with Gasteiger partial charge < -0.3 is 23.5 Å². The van der Waals surface area contributed by atoms with Gasteiger partial charge in [0.15, 0.2) is 5.58 Å². The monoisotopic (exact) mass is 868 g/mol. The van der Waals surface area contributed by atoms with Gasteiger partial charge in [-0.1, -0.05) is 80.9 Å². The Labute approximate surface area is 322 Å². The third-order valence-corrected chi connectivity index (χ3v) is 9.90. The van der Waals surface area contributed by atoms with E-state index in [-0.39, 0.29) is 26.5 Å². The van der Waals surface area contributed by atoms with E-state index in [1.807, 2.05) is 54.7 Å². The van der Waals surface area contributed by atoms with E-state index in [9.17, 15) is 0 Å². The number of nitrogens with zero attached hydrogens (tertiary/aromatic N) is 4. The predicted molar refractivity (Wildman–Crippen MR) is 210 cm³/mol. The Balaban J connectivity index is 0.00000372. The number of rotatable bonds is 5. The van der Waals surface area contributed by atoms with Crippen LogP contribution in [0.4, 0.5) is 22.7 Å². The fraction of sp³-hybridized carbons (Fsp3) is 0.0870. The van der Waals surface area contributed by atoms with Gasteiger partial charge in [0.1, 0.15) is 11.4 Å². The number of anilines is 4. The number of pyridine rings is 1. The van der Waals surface area contributed by atoms with Crippen molar-refractivity contribution in [1.82, 2.24) is 9.55 Å². The van der Waals surface area contributed by atoms with Crippen molar-refractivity contribution < 1.29 is 30.2 Å². The van der Waals surface area contributed by atoms with Crippen LogP contribution in [0.3, 0.4) is 0 Å². The van der Waals surface area contributed by atoms with Crippen LogP contribution in [0.25, 0.3) is 49.6 Å². The zero-order chi connectivity index (χ0) is 35.0. The molecular weight excluding hydrogens is 836 g/mol. The molecule has 0 saturated heterocycles. The van der Waals surface area contributed by atoms with Gasteiger partial charge in [0.2, 0.25) is 0 Å². The number of benzene rings is 6. The first-order chi connectivity index (χ1) is 25.4. The fourth-order valence-corrected chi connectivity index (χ4v) is 7.34. The van der Waals surface area contributed by atoms with Crippen molar-refractivity contribution in [2.45, 2.75) is 26.2 Å². The third kappa shape index (κ3) is 5.48. The average Bonchev–Trinajstić information content (AvgIpc) is 3.85. The van der Waals surface area contributed by atoms with Crippen LogP contribution < -0.4 is 14.5 Å². The molecule has 0 bridgehead atoms. The summed E-state index contributed by atoms with van der Waals surface area (Å²) in [5, 5.41) is 4.38. The Morgan fingerprint density at radius 3 is 2.28 bits per heavy atom. The molecule has 1 aliphatic heterocycles. The molecule has 10 rings (SSSR count). The van der Waals surface area contributed by atoms with Crippen LogP contribution in [-0.4, -0.2) is 9.55 Å². The van der Waals surface area contributed by atoms with Crippen LogP contribution in [0.5, 0.6) is 11.5 Å². The average molecular weight is 869 g/mol. The summed E-state index contributed by atoms with van der Waals surface area (Å²) in [4.78, 5) is 9.15. The smallest absolute Gasteiger partial charge is 0.158 e. The summed E-state index contributed by atoms with van der Waals surface area (Å²) in [6.07, 6.45) is 1.89. The van der Waals surface area contributed by atoms with Gasteiger partial charge in [0.05, 0.1) is 5.69 Å². The number of hydrogen-bond donors (Lipinski definition) is 0. The van der Waals surface area contributed by atoms with Gasteiger partial charge in [0, 0.05) is 66.4 Å². The summed E-state index contributed by atoms with van der Waals surface area (Å²) in [6, 6.07) is 52.7. The molecule has 0 fully saturated rings. The van der Waals surface area contributed by atoms with Gasteiger partial charge in [0.25, 0.3) is 0 Å². The zero-order valence-electron chi connectivity index (χ0n) is 29.3. The topological polar surface area (TPSA) is 46.7 Å². The maximum absolute atomic E-state index is 6.56. The normalized spacial score (nSPS) is 12.9. The Morgan fingerprint density at radius 1 is 0.679 bits per heavy atom. The first-order valence-corrected chi connectivity index (χ1v) is 17.5. The second-order valence-electron chi connectivity index (χ2n) is 14.2. The molecule has 1 aliphatic rings. The van der Waals surface area contributed by atoms with E-state index < -0.39 is 0 Å². The van der Waals surface area contributed by atoms with Gasteiger partial charge in [-0.3, -0.25) is 0 Å². The standard InChI is InChI=1S/C46H33N4O2.Pt/c1-46(2,3)30-24-25-47-43(26-30)50-39-18-9-7-16-35(39)36-21-20-34(28-41(36)50)51-33-15-11-14-32(27-33)49-29-48(31-12-5-4-6-13-31)40-23-22-38-37-17-8-10-19-42(37)52-45(38)44(40)49;/h4-26,29H,1-3H3;/q-3;. The summed E-state index contributed by atoms with van der Waals surface area (Å²) in [7, 11) is 0. The van der Waals surface area contributed by atoms with E-state index in [0.717, 1.165) is 72.3 Å².